The highest BCUT2D eigenvalue weighted by molar-refractivity contribution is 5.80. The summed E-state index contributed by atoms with van der Waals surface area (Å²) < 4.78 is 2.06. The van der Waals surface area contributed by atoms with Crippen LogP contribution in [0, 0.1) is 13.8 Å². The average molecular weight is 329 g/mol. The van der Waals surface area contributed by atoms with E-state index in [1.165, 1.54) is 5.56 Å². The first-order chi connectivity index (χ1) is 12.1. The molecule has 0 atom stereocenters. The second-order valence-electron chi connectivity index (χ2n) is 6.23. The Hall–Kier alpha value is -3.27. The number of aryl methyl sites for hydroxylation is 2. The first-order valence-electron chi connectivity index (χ1n) is 8.22. The van der Waals surface area contributed by atoms with Crippen LogP contribution in [-0.2, 0) is 0 Å². The van der Waals surface area contributed by atoms with Crippen LogP contribution in [0.4, 0.5) is 11.5 Å². The van der Waals surface area contributed by atoms with E-state index in [4.69, 9.17) is 4.98 Å². The van der Waals surface area contributed by atoms with Crippen molar-refractivity contribution in [3.05, 3.63) is 78.0 Å². The van der Waals surface area contributed by atoms with E-state index in [1.54, 1.807) is 12.1 Å². The molecule has 0 spiro atoms. The van der Waals surface area contributed by atoms with Crippen molar-refractivity contribution in [2.45, 2.75) is 13.8 Å². The predicted octanol–water partition coefficient (Wildman–Crippen LogP) is 5.07. The Bertz CT molecular complexity index is 1050. The minimum absolute atomic E-state index is 0.247. The molecule has 0 unspecified atom stereocenters. The second kappa shape index (κ2) is 5.98. The fourth-order valence-corrected chi connectivity index (χ4v) is 2.93. The average Bonchev–Trinajstić information content (AvgIpc) is 2.95. The van der Waals surface area contributed by atoms with Crippen molar-refractivity contribution in [1.29, 1.82) is 0 Å². The van der Waals surface area contributed by atoms with Gasteiger partial charge >= 0.3 is 0 Å². The minimum Gasteiger partial charge on any atom is -0.508 e. The van der Waals surface area contributed by atoms with Gasteiger partial charge in [0.1, 0.15) is 22.9 Å². The molecule has 0 aliphatic rings. The number of nitrogens with one attached hydrogen (secondary N) is 1. The van der Waals surface area contributed by atoms with E-state index in [0.29, 0.717) is 0 Å². The van der Waals surface area contributed by atoms with Crippen molar-refractivity contribution in [2.75, 3.05) is 5.32 Å². The van der Waals surface area contributed by atoms with Crippen LogP contribution >= 0.6 is 0 Å². The molecule has 0 aliphatic carbocycles. The lowest BCUT2D eigenvalue weighted by Crippen LogP contribution is -1.98. The van der Waals surface area contributed by atoms with E-state index in [2.05, 4.69) is 47.8 Å². The van der Waals surface area contributed by atoms with Crippen molar-refractivity contribution >= 4 is 17.2 Å². The lowest BCUT2D eigenvalue weighted by Gasteiger charge is -2.11. The van der Waals surface area contributed by atoms with E-state index in [9.17, 15) is 5.11 Å². The van der Waals surface area contributed by atoms with Gasteiger partial charge in [-0.2, -0.15) is 0 Å². The molecule has 0 amide bonds. The first kappa shape index (κ1) is 15.3. The van der Waals surface area contributed by atoms with Crippen molar-refractivity contribution < 1.29 is 5.11 Å². The van der Waals surface area contributed by atoms with Crippen LogP contribution < -0.4 is 5.32 Å². The Morgan fingerprint density at radius 3 is 2.48 bits per heavy atom. The molecular weight excluding hydrogens is 310 g/mol. The normalized spacial score (nSPS) is 11.0. The van der Waals surface area contributed by atoms with Crippen molar-refractivity contribution in [3.8, 4) is 17.0 Å². The first-order valence-corrected chi connectivity index (χ1v) is 8.22. The molecular formula is C21H19N3O. The van der Waals surface area contributed by atoms with Crippen LogP contribution in [-0.4, -0.2) is 14.5 Å². The summed E-state index contributed by atoms with van der Waals surface area (Å²) in [7, 11) is 0. The van der Waals surface area contributed by atoms with Gasteiger partial charge in [-0.15, -0.1) is 0 Å². The Kier molecular flexibility index (Phi) is 3.65. The minimum atomic E-state index is 0.247. The fraction of sp³-hybridized carbons (Fsp3) is 0.0952. The van der Waals surface area contributed by atoms with Gasteiger partial charge in [-0.1, -0.05) is 18.2 Å². The number of pyridine rings is 1. The largest absolute Gasteiger partial charge is 0.508 e. The number of fused-ring (bicyclic) bond motifs is 1. The predicted molar refractivity (Wildman–Crippen MR) is 101 cm³/mol. The number of benzene rings is 2. The number of imidazole rings is 1. The van der Waals surface area contributed by atoms with Gasteiger partial charge in [0.2, 0.25) is 0 Å². The third-order valence-corrected chi connectivity index (χ3v) is 4.32. The van der Waals surface area contributed by atoms with Gasteiger partial charge in [0.05, 0.1) is 0 Å². The third-order valence-electron chi connectivity index (χ3n) is 4.32. The monoisotopic (exact) mass is 329 g/mol. The number of hydrogen-bond donors (Lipinski definition) is 2. The van der Waals surface area contributed by atoms with Gasteiger partial charge < -0.3 is 10.4 Å². The van der Waals surface area contributed by atoms with E-state index in [-0.39, 0.29) is 5.75 Å². The number of rotatable bonds is 3. The van der Waals surface area contributed by atoms with Crippen molar-refractivity contribution in [2.24, 2.45) is 0 Å². The smallest absolute Gasteiger partial charge is 0.143 e. The molecule has 4 aromatic rings. The summed E-state index contributed by atoms with van der Waals surface area (Å²) in [5, 5.41) is 13.1. The molecule has 2 aromatic carbocycles. The summed E-state index contributed by atoms with van der Waals surface area (Å²) in [5.74, 6) is 1.16. The van der Waals surface area contributed by atoms with Gasteiger partial charge in [0.15, 0.2) is 0 Å². The summed E-state index contributed by atoms with van der Waals surface area (Å²) in [6, 6.07) is 19.4. The van der Waals surface area contributed by atoms with Crippen LogP contribution in [0.5, 0.6) is 5.75 Å². The van der Waals surface area contributed by atoms with Crippen LogP contribution in [0.2, 0.25) is 0 Å². The summed E-state index contributed by atoms with van der Waals surface area (Å²) in [5.41, 5.74) is 6.08. The van der Waals surface area contributed by atoms with Crippen LogP contribution in [0.15, 0.2) is 66.9 Å². The number of aromatic nitrogens is 2. The summed E-state index contributed by atoms with van der Waals surface area (Å²) in [6.45, 7) is 4.14. The molecule has 0 fully saturated rings. The Morgan fingerprint density at radius 1 is 0.960 bits per heavy atom. The van der Waals surface area contributed by atoms with Gasteiger partial charge in [0.25, 0.3) is 0 Å². The fourth-order valence-electron chi connectivity index (χ4n) is 2.93. The molecule has 2 N–H and O–H groups in total. The highest BCUT2D eigenvalue weighted by atomic mass is 16.3. The molecule has 0 radical (unpaired) electrons. The van der Waals surface area contributed by atoms with Gasteiger partial charge in [0, 0.05) is 17.4 Å². The summed E-state index contributed by atoms with van der Waals surface area (Å²) in [6.07, 6.45) is 2.03. The molecule has 25 heavy (non-hydrogen) atoms. The van der Waals surface area contributed by atoms with E-state index >= 15 is 0 Å². The zero-order valence-corrected chi connectivity index (χ0v) is 14.2. The highest BCUT2D eigenvalue weighted by Crippen LogP contribution is 2.32. The molecule has 0 saturated heterocycles. The van der Waals surface area contributed by atoms with Crippen LogP contribution in [0.3, 0.4) is 0 Å². The maximum Gasteiger partial charge on any atom is 0.143 e. The number of phenolic OH excluding ortho intramolecular Hbond substituents is 1. The number of para-hydroxylation sites is 1. The summed E-state index contributed by atoms with van der Waals surface area (Å²) in [4.78, 5) is 4.82. The molecule has 4 heteroatoms. The van der Waals surface area contributed by atoms with Gasteiger partial charge in [-0.25, -0.2) is 4.98 Å². The van der Waals surface area contributed by atoms with Gasteiger partial charge in [-0.3, -0.25) is 4.40 Å². The number of hydrogen-bond acceptors (Lipinski definition) is 3. The van der Waals surface area contributed by atoms with E-state index in [0.717, 1.165) is 34.0 Å². The molecule has 0 bridgehead atoms. The lowest BCUT2D eigenvalue weighted by atomic mass is 10.1. The van der Waals surface area contributed by atoms with Gasteiger partial charge in [-0.05, 0) is 67.4 Å². The van der Waals surface area contributed by atoms with E-state index in [1.807, 2.05) is 30.5 Å². The number of phenols is 1. The molecule has 124 valence electrons. The maximum atomic E-state index is 9.58. The zero-order chi connectivity index (χ0) is 17.4. The lowest BCUT2D eigenvalue weighted by molar-refractivity contribution is 0.475. The quantitative estimate of drug-likeness (QED) is 0.552. The number of aromatic hydroxyl groups is 1. The molecule has 4 rings (SSSR count). The highest BCUT2D eigenvalue weighted by Gasteiger charge is 2.15. The molecule has 2 heterocycles. The molecule has 0 saturated carbocycles. The topological polar surface area (TPSA) is 49.6 Å². The van der Waals surface area contributed by atoms with E-state index < -0.39 is 0 Å². The summed E-state index contributed by atoms with van der Waals surface area (Å²) >= 11 is 0. The standard InChI is InChI=1S/C21H19N3O/c1-14-11-12-24-19(13-14)23-20(16-7-9-17(25)10-8-16)21(24)22-18-6-4-3-5-15(18)2/h3-13,22,25H,1-2H3. The zero-order valence-electron chi connectivity index (χ0n) is 14.2. The van der Waals surface area contributed by atoms with Crippen LogP contribution in [0.25, 0.3) is 16.9 Å². The SMILES string of the molecule is Cc1ccn2c(Nc3ccccc3C)c(-c3ccc(O)cc3)nc2c1. The third kappa shape index (κ3) is 2.83. The molecule has 0 aliphatic heterocycles. The Labute approximate surface area is 146 Å². The van der Waals surface area contributed by atoms with Crippen molar-refractivity contribution in [3.63, 3.8) is 0 Å². The maximum absolute atomic E-state index is 9.58. The van der Waals surface area contributed by atoms with Crippen LogP contribution in [0.1, 0.15) is 11.1 Å². The Balaban J connectivity index is 1.92. The molecule has 4 nitrogen and oxygen atoms in total. The Morgan fingerprint density at radius 2 is 1.72 bits per heavy atom. The molecule has 2 aromatic heterocycles. The number of anilines is 2. The van der Waals surface area contributed by atoms with Crippen molar-refractivity contribution in [1.82, 2.24) is 9.38 Å². The number of nitrogens with zero attached hydrogens (tertiary/aromatic N) is 2. The second-order valence-corrected chi connectivity index (χ2v) is 6.23.